The molecule has 200 valence electrons. The molecule has 4 fully saturated rings. The van der Waals surface area contributed by atoms with E-state index in [9.17, 15) is 14.7 Å². The Morgan fingerprint density at radius 2 is 1.63 bits per heavy atom. The third-order valence-electron chi connectivity index (χ3n) is 11.0. The minimum atomic E-state index is -0.684. The SMILES string of the molecule is C[C@]12CCC(=O)CC1CC[C@@H]1[C@H]2C(OCCCCCCCCCCC(=O)O)C[C@]2(C)C(O)CC[C@@H]12. The van der Waals surface area contributed by atoms with Crippen LogP contribution in [0.25, 0.3) is 0 Å². The summed E-state index contributed by atoms with van der Waals surface area (Å²) in [6.07, 6.45) is 17.2. The topological polar surface area (TPSA) is 83.8 Å². The van der Waals surface area contributed by atoms with Crippen molar-refractivity contribution in [2.45, 2.75) is 135 Å². The van der Waals surface area contributed by atoms with E-state index in [0.29, 0.717) is 35.9 Å². The standard InChI is InChI=1S/C30H50O5/c1-29-17-16-22(31)19-21(29)12-13-23-24-14-15-26(32)30(24,2)20-25(28(23)29)35-18-10-8-6-4-3-5-7-9-11-27(33)34/h21,23-26,28,32H,3-20H2,1-2H3,(H,33,34)/t21?,23-,24-,25?,26?,28-,29-,30-/m0/s1. The summed E-state index contributed by atoms with van der Waals surface area (Å²) in [5.74, 6) is 2.06. The van der Waals surface area contributed by atoms with Crippen LogP contribution in [0.15, 0.2) is 0 Å². The number of carbonyl (C=O) groups excluding carboxylic acids is 1. The number of Topliss-reactive ketones (excluding diaryl/α,β-unsaturated/α-hetero) is 1. The Bertz CT molecular complexity index is 736. The van der Waals surface area contributed by atoms with Crippen molar-refractivity contribution in [3.63, 3.8) is 0 Å². The lowest BCUT2D eigenvalue weighted by Gasteiger charge is -2.62. The molecule has 4 saturated carbocycles. The van der Waals surface area contributed by atoms with Crippen molar-refractivity contribution in [1.29, 1.82) is 0 Å². The Morgan fingerprint density at radius 1 is 0.943 bits per heavy atom. The van der Waals surface area contributed by atoms with Gasteiger partial charge in [-0.05, 0) is 85.9 Å². The second kappa shape index (κ2) is 11.6. The number of ether oxygens (including phenoxy) is 1. The molecule has 2 N–H and O–H groups in total. The number of carboxylic acids is 1. The summed E-state index contributed by atoms with van der Waals surface area (Å²) in [6.45, 7) is 5.61. The Balaban J connectivity index is 1.28. The predicted octanol–water partition coefficient (Wildman–Crippen LogP) is 6.55. The van der Waals surface area contributed by atoms with Crippen LogP contribution in [0.2, 0.25) is 0 Å². The van der Waals surface area contributed by atoms with E-state index in [-0.39, 0.29) is 23.0 Å². The molecule has 4 rings (SSSR count). The molecule has 0 heterocycles. The number of aliphatic carboxylic acids is 1. The Morgan fingerprint density at radius 3 is 2.34 bits per heavy atom. The number of carbonyl (C=O) groups is 2. The summed E-state index contributed by atoms with van der Waals surface area (Å²) < 4.78 is 6.75. The quantitative estimate of drug-likeness (QED) is 0.303. The summed E-state index contributed by atoms with van der Waals surface area (Å²) >= 11 is 0. The molecule has 0 aromatic rings. The van der Waals surface area contributed by atoms with Crippen LogP contribution < -0.4 is 0 Å². The Hall–Kier alpha value is -0.940. The molecule has 8 atom stereocenters. The van der Waals surface area contributed by atoms with Gasteiger partial charge in [-0.15, -0.1) is 0 Å². The van der Waals surface area contributed by atoms with Crippen molar-refractivity contribution in [2.24, 2.45) is 34.5 Å². The molecule has 4 aliphatic carbocycles. The summed E-state index contributed by atoms with van der Waals surface area (Å²) in [5, 5.41) is 19.7. The van der Waals surface area contributed by atoms with Crippen molar-refractivity contribution in [2.75, 3.05) is 6.61 Å². The molecule has 0 aromatic heterocycles. The summed E-state index contributed by atoms with van der Waals surface area (Å²) in [7, 11) is 0. The van der Waals surface area contributed by atoms with Crippen LogP contribution in [0.1, 0.15) is 123 Å². The number of ketones is 1. The molecular weight excluding hydrogens is 440 g/mol. The lowest BCUT2D eigenvalue weighted by molar-refractivity contribution is -0.192. The Kier molecular flexibility index (Phi) is 9.00. The fourth-order valence-corrected chi connectivity index (χ4v) is 8.94. The molecule has 3 unspecified atom stereocenters. The zero-order valence-corrected chi connectivity index (χ0v) is 22.3. The van der Waals surface area contributed by atoms with Gasteiger partial charge < -0.3 is 14.9 Å². The van der Waals surface area contributed by atoms with Gasteiger partial charge in [-0.1, -0.05) is 52.4 Å². The van der Waals surface area contributed by atoms with Gasteiger partial charge in [0.1, 0.15) is 5.78 Å². The van der Waals surface area contributed by atoms with Crippen molar-refractivity contribution >= 4 is 11.8 Å². The molecule has 0 aliphatic heterocycles. The lowest BCUT2D eigenvalue weighted by Crippen LogP contribution is -2.60. The van der Waals surface area contributed by atoms with E-state index < -0.39 is 5.97 Å². The first-order valence-corrected chi connectivity index (χ1v) is 14.8. The van der Waals surface area contributed by atoms with Gasteiger partial charge in [0.15, 0.2) is 0 Å². The zero-order chi connectivity index (χ0) is 25.1. The average Bonchev–Trinajstić information content (AvgIpc) is 3.11. The van der Waals surface area contributed by atoms with E-state index in [4.69, 9.17) is 9.84 Å². The second-order valence-electron chi connectivity index (χ2n) is 13.0. The highest BCUT2D eigenvalue weighted by Gasteiger charge is 2.63. The van der Waals surface area contributed by atoms with Crippen LogP contribution in [0.4, 0.5) is 0 Å². The molecule has 5 nitrogen and oxygen atoms in total. The maximum Gasteiger partial charge on any atom is 0.303 e. The normalized spacial score (nSPS) is 40.7. The highest BCUT2D eigenvalue weighted by atomic mass is 16.5. The van der Waals surface area contributed by atoms with Crippen molar-refractivity contribution in [3.05, 3.63) is 0 Å². The van der Waals surface area contributed by atoms with Crippen LogP contribution in [0.3, 0.4) is 0 Å². The van der Waals surface area contributed by atoms with Gasteiger partial charge in [-0.3, -0.25) is 9.59 Å². The monoisotopic (exact) mass is 490 g/mol. The maximum atomic E-state index is 12.3. The third kappa shape index (κ3) is 5.81. The van der Waals surface area contributed by atoms with E-state index in [1.807, 2.05) is 0 Å². The number of hydrogen-bond donors (Lipinski definition) is 2. The summed E-state index contributed by atoms with van der Waals surface area (Å²) in [5.41, 5.74) is 0.192. The van der Waals surface area contributed by atoms with Crippen molar-refractivity contribution in [1.82, 2.24) is 0 Å². The van der Waals surface area contributed by atoms with Gasteiger partial charge in [0.2, 0.25) is 0 Å². The predicted molar refractivity (Wildman–Crippen MR) is 137 cm³/mol. The van der Waals surface area contributed by atoms with Gasteiger partial charge in [0, 0.05) is 25.9 Å². The minimum Gasteiger partial charge on any atom is -0.481 e. The van der Waals surface area contributed by atoms with E-state index in [2.05, 4.69) is 13.8 Å². The van der Waals surface area contributed by atoms with Crippen LogP contribution in [0.5, 0.6) is 0 Å². The average molecular weight is 491 g/mol. The third-order valence-corrected chi connectivity index (χ3v) is 11.0. The van der Waals surface area contributed by atoms with E-state index >= 15 is 0 Å². The van der Waals surface area contributed by atoms with Gasteiger partial charge in [0.05, 0.1) is 12.2 Å². The molecular formula is C30H50O5. The largest absolute Gasteiger partial charge is 0.481 e. The number of aliphatic hydroxyl groups is 1. The first-order valence-electron chi connectivity index (χ1n) is 14.8. The molecule has 5 heteroatoms. The number of fused-ring (bicyclic) bond motifs is 5. The first-order chi connectivity index (χ1) is 16.8. The minimum absolute atomic E-state index is 0.0137. The van der Waals surface area contributed by atoms with Gasteiger partial charge in [0.25, 0.3) is 0 Å². The van der Waals surface area contributed by atoms with Crippen molar-refractivity contribution in [3.8, 4) is 0 Å². The number of hydrogen-bond acceptors (Lipinski definition) is 4. The van der Waals surface area contributed by atoms with Gasteiger partial charge >= 0.3 is 5.97 Å². The smallest absolute Gasteiger partial charge is 0.303 e. The van der Waals surface area contributed by atoms with E-state index in [0.717, 1.165) is 70.8 Å². The van der Waals surface area contributed by atoms with Crippen LogP contribution >= 0.6 is 0 Å². The fourth-order valence-electron chi connectivity index (χ4n) is 8.94. The summed E-state index contributed by atoms with van der Waals surface area (Å²) in [4.78, 5) is 22.9. The number of aliphatic hydroxyl groups excluding tert-OH is 1. The zero-order valence-electron chi connectivity index (χ0n) is 22.3. The fraction of sp³-hybridized carbons (Fsp3) is 0.933. The highest BCUT2D eigenvalue weighted by Crippen LogP contribution is 2.66. The van der Waals surface area contributed by atoms with Gasteiger partial charge in [-0.25, -0.2) is 0 Å². The molecule has 0 amide bonds. The number of unbranched alkanes of at least 4 members (excludes halogenated alkanes) is 7. The van der Waals surface area contributed by atoms with Crippen LogP contribution in [-0.4, -0.2) is 40.8 Å². The molecule has 0 aromatic carbocycles. The molecule has 0 spiro atoms. The highest BCUT2D eigenvalue weighted by molar-refractivity contribution is 5.79. The molecule has 0 bridgehead atoms. The van der Waals surface area contributed by atoms with Crippen LogP contribution in [-0.2, 0) is 14.3 Å². The number of rotatable bonds is 12. The van der Waals surface area contributed by atoms with Gasteiger partial charge in [-0.2, -0.15) is 0 Å². The van der Waals surface area contributed by atoms with Crippen molar-refractivity contribution < 1.29 is 24.5 Å². The molecule has 4 aliphatic rings. The molecule has 0 saturated heterocycles. The maximum absolute atomic E-state index is 12.3. The van der Waals surface area contributed by atoms with E-state index in [1.54, 1.807) is 0 Å². The molecule has 35 heavy (non-hydrogen) atoms. The lowest BCUT2D eigenvalue weighted by atomic mass is 9.44. The first kappa shape index (κ1) is 27.1. The Labute approximate surface area is 212 Å². The second-order valence-corrected chi connectivity index (χ2v) is 13.0. The summed E-state index contributed by atoms with van der Waals surface area (Å²) in [6, 6.07) is 0. The van der Waals surface area contributed by atoms with E-state index in [1.165, 1.54) is 38.5 Å². The van der Waals surface area contributed by atoms with Crippen LogP contribution in [0, 0.1) is 34.5 Å². The molecule has 0 radical (unpaired) electrons. The number of carboxylic acid groups (broad SMARTS) is 1.